The Morgan fingerprint density at radius 2 is 1.80 bits per heavy atom. The summed E-state index contributed by atoms with van der Waals surface area (Å²) >= 11 is 0. The van der Waals surface area contributed by atoms with Crippen LogP contribution >= 0.6 is 7.82 Å². The van der Waals surface area contributed by atoms with E-state index in [1.54, 1.807) is 51.1 Å². The first-order valence-corrected chi connectivity index (χ1v) is 10.6. The molecule has 3 atom stereocenters. The van der Waals surface area contributed by atoms with E-state index < -0.39 is 49.4 Å². The Balaban J connectivity index is 2.19. The number of amides is 2. The van der Waals surface area contributed by atoms with Crippen LogP contribution in [0.2, 0.25) is 0 Å². The van der Waals surface area contributed by atoms with Gasteiger partial charge in [-0.1, -0.05) is 39.0 Å². The maximum absolute atomic E-state index is 13.1. The summed E-state index contributed by atoms with van der Waals surface area (Å²) in [6.45, 7) is 4.68. The zero-order valence-corrected chi connectivity index (χ0v) is 17.6. The maximum Gasteiger partial charge on any atom is 0.469 e. The number of para-hydroxylation sites is 1. The molecule has 1 aromatic carbocycles. The smallest absolute Gasteiger partial charge is 0.469 e. The van der Waals surface area contributed by atoms with Crippen LogP contribution in [0.15, 0.2) is 30.3 Å². The lowest BCUT2D eigenvalue weighted by molar-refractivity contribution is -0.150. The fourth-order valence-corrected chi connectivity index (χ4v) is 3.64. The van der Waals surface area contributed by atoms with Crippen molar-refractivity contribution >= 4 is 25.8 Å². The number of ether oxygens (including phenoxy) is 1. The molecule has 2 amide bonds. The van der Waals surface area contributed by atoms with Gasteiger partial charge in [-0.15, -0.1) is 0 Å². The maximum atomic E-state index is 13.1. The highest BCUT2D eigenvalue weighted by Crippen LogP contribution is 2.41. The number of aliphatic carboxylic acids is 1. The van der Waals surface area contributed by atoms with Crippen LogP contribution in [-0.4, -0.2) is 62.5 Å². The van der Waals surface area contributed by atoms with E-state index in [9.17, 15) is 24.1 Å². The standard InChI is InChI=1S/C18H25N2O9P/c1-18(2,3)14(19-17(24)28-11-7-5-4-6-8-11)15(21)20-10-12(29-30(25,26)27)9-13(20)16(22)23/h4-8,12-14H,9-10H2,1-3H3,(H,19,24)(H,22,23)(H2,25,26,27)/t12-,13+,14-/m1/s1. The van der Waals surface area contributed by atoms with E-state index in [0.29, 0.717) is 0 Å². The molecular weight excluding hydrogens is 419 g/mol. The Labute approximate surface area is 173 Å². The first-order chi connectivity index (χ1) is 13.8. The number of carbonyl (C=O) groups excluding carboxylic acids is 2. The molecule has 1 fully saturated rings. The number of nitrogens with one attached hydrogen (secondary N) is 1. The Kier molecular flexibility index (Phi) is 7.25. The quantitative estimate of drug-likeness (QED) is 0.474. The Bertz CT molecular complexity index is 834. The van der Waals surface area contributed by atoms with Crippen molar-refractivity contribution in [2.24, 2.45) is 5.41 Å². The minimum atomic E-state index is -4.87. The van der Waals surface area contributed by atoms with Crippen molar-refractivity contribution in [2.45, 2.75) is 45.4 Å². The average Bonchev–Trinajstić information content (AvgIpc) is 3.01. The van der Waals surface area contributed by atoms with Crippen LogP contribution in [0.25, 0.3) is 0 Å². The Morgan fingerprint density at radius 3 is 2.30 bits per heavy atom. The number of carbonyl (C=O) groups is 3. The van der Waals surface area contributed by atoms with Gasteiger partial charge in [0.1, 0.15) is 17.8 Å². The molecule has 0 unspecified atom stereocenters. The van der Waals surface area contributed by atoms with Crippen molar-refractivity contribution in [2.75, 3.05) is 6.54 Å². The van der Waals surface area contributed by atoms with Gasteiger partial charge < -0.3 is 29.8 Å². The molecule has 0 bridgehead atoms. The summed E-state index contributed by atoms with van der Waals surface area (Å²) in [6.07, 6.45) is -2.35. The van der Waals surface area contributed by atoms with Crippen LogP contribution in [0.4, 0.5) is 4.79 Å². The largest absolute Gasteiger partial charge is 0.480 e. The minimum absolute atomic E-state index is 0.259. The highest BCUT2D eigenvalue weighted by Gasteiger charge is 2.46. The summed E-state index contributed by atoms with van der Waals surface area (Å²) in [7, 11) is -4.87. The molecule has 0 aliphatic carbocycles. The zero-order chi connectivity index (χ0) is 22.7. The van der Waals surface area contributed by atoms with Gasteiger partial charge in [0.2, 0.25) is 5.91 Å². The van der Waals surface area contributed by atoms with Crippen molar-refractivity contribution in [3.63, 3.8) is 0 Å². The lowest BCUT2D eigenvalue weighted by atomic mass is 9.85. The van der Waals surface area contributed by atoms with Crippen LogP contribution in [-0.2, 0) is 18.7 Å². The lowest BCUT2D eigenvalue weighted by Crippen LogP contribution is -2.57. The minimum Gasteiger partial charge on any atom is -0.480 e. The van der Waals surface area contributed by atoms with Gasteiger partial charge >= 0.3 is 19.9 Å². The summed E-state index contributed by atoms with van der Waals surface area (Å²) in [5.74, 6) is -1.81. The lowest BCUT2D eigenvalue weighted by Gasteiger charge is -2.34. The average molecular weight is 444 g/mol. The highest BCUT2D eigenvalue weighted by atomic mass is 31.2. The number of benzene rings is 1. The molecule has 0 radical (unpaired) electrons. The first kappa shape index (κ1) is 23.8. The molecule has 11 nitrogen and oxygen atoms in total. The third-order valence-corrected chi connectivity index (χ3v) is 5.02. The predicted molar refractivity (Wildman–Crippen MR) is 104 cm³/mol. The molecule has 0 aromatic heterocycles. The third kappa shape index (κ3) is 6.53. The summed E-state index contributed by atoms with van der Waals surface area (Å²) in [6, 6.07) is 5.66. The Hall–Kier alpha value is -2.46. The summed E-state index contributed by atoms with van der Waals surface area (Å²) < 4.78 is 20.8. The molecular formula is C18H25N2O9P. The van der Waals surface area contributed by atoms with Crippen LogP contribution in [0.3, 0.4) is 0 Å². The molecule has 4 N–H and O–H groups in total. The molecule has 1 aliphatic rings. The summed E-state index contributed by atoms with van der Waals surface area (Å²) in [4.78, 5) is 56.0. The van der Waals surface area contributed by atoms with Crippen LogP contribution in [0.5, 0.6) is 5.75 Å². The van der Waals surface area contributed by atoms with E-state index in [0.717, 1.165) is 4.90 Å². The normalized spacial score (nSPS) is 20.5. The SMILES string of the molecule is CC(C)(C)[C@H](NC(=O)Oc1ccccc1)C(=O)N1C[C@H](OP(=O)(O)O)C[C@H]1C(=O)O. The molecule has 1 saturated heterocycles. The second-order valence-corrected chi connectivity index (χ2v) is 9.14. The molecule has 2 rings (SSSR count). The van der Waals surface area contributed by atoms with Gasteiger partial charge in [-0.25, -0.2) is 14.2 Å². The summed E-state index contributed by atoms with van der Waals surface area (Å²) in [5.41, 5.74) is -0.821. The number of phosphoric acid groups is 1. The van der Waals surface area contributed by atoms with Crippen LogP contribution in [0.1, 0.15) is 27.2 Å². The number of hydrogen-bond donors (Lipinski definition) is 4. The molecule has 166 valence electrons. The second-order valence-electron chi connectivity index (χ2n) is 7.94. The topological polar surface area (TPSA) is 163 Å². The molecule has 0 saturated carbocycles. The van der Waals surface area contributed by atoms with Gasteiger partial charge in [0.25, 0.3) is 0 Å². The van der Waals surface area contributed by atoms with E-state index in [1.165, 1.54) is 0 Å². The van der Waals surface area contributed by atoms with Crippen molar-refractivity contribution in [1.29, 1.82) is 0 Å². The number of phosphoric ester groups is 1. The fraction of sp³-hybridized carbons (Fsp3) is 0.500. The molecule has 12 heteroatoms. The van der Waals surface area contributed by atoms with Crippen molar-refractivity contribution in [1.82, 2.24) is 10.2 Å². The first-order valence-electron chi connectivity index (χ1n) is 9.08. The second kappa shape index (κ2) is 9.13. The Morgan fingerprint density at radius 1 is 1.20 bits per heavy atom. The van der Waals surface area contributed by atoms with E-state index in [2.05, 4.69) is 9.84 Å². The van der Waals surface area contributed by atoms with Crippen LogP contribution < -0.4 is 10.1 Å². The summed E-state index contributed by atoms with van der Waals surface area (Å²) in [5, 5.41) is 11.9. The van der Waals surface area contributed by atoms with Gasteiger partial charge in [0.05, 0.1) is 6.10 Å². The molecule has 1 aromatic rings. The molecule has 30 heavy (non-hydrogen) atoms. The van der Waals surface area contributed by atoms with Crippen molar-refractivity contribution in [3.8, 4) is 5.75 Å². The number of likely N-dealkylation sites (tertiary alicyclic amines) is 1. The van der Waals surface area contributed by atoms with E-state index in [1.807, 2.05) is 0 Å². The van der Waals surface area contributed by atoms with Crippen LogP contribution in [0, 0.1) is 5.41 Å². The highest BCUT2D eigenvalue weighted by molar-refractivity contribution is 7.46. The predicted octanol–water partition coefficient (Wildman–Crippen LogP) is 1.35. The number of rotatable bonds is 6. The third-order valence-electron chi connectivity index (χ3n) is 4.45. The van der Waals surface area contributed by atoms with E-state index >= 15 is 0 Å². The van der Waals surface area contributed by atoms with Gasteiger partial charge in [-0.3, -0.25) is 9.32 Å². The number of hydrogen-bond acceptors (Lipinski definition) is 6. The molecule has 1 heterocycles. The van der Waals surface area contributed by atoms with E-state index in [4.69, 9.17) is 14.5 Å². The van der Waals surface area contributed by atoms with Gasteiger partial charge in [-0.05, 0) is 17.5 Å². The van der Waals surface area contributed by atoms with Gasteiger partial charge in [0.15, 0.2) is 0 Å². The fourth-order valence-electron chi connectivity index (χ4n) is 3.10. The van der Waals surface area contributed by atoms with Crippen molar-refractivity contribution < 1.29 is 43.1 Å². The number of carboxylic acids is 1. The molecule has 0 spiro atoms. The monoisotopic (exact) mass is 444 g/mol. The number of nitrogens with zero attached hydrogens (tertiary/aromatic N) is 1. The zero-order valence-electron chi connectivity index (χ0n) is 16.7. The number of carboxylic acid groups (broad SMARTS) is 1. The van der Waals surface area contributed by atoms with Crippen molar-refractivity contribution in [3.05, 3.63) is 30.3 Å². The van der Waals surface area contributed by atoms with Gasteiger partial charge in [-0.2, -0.15) is 0 Å². The molecule has 1 aliphatic heterocycles. The van der Waals surface area contributed by atoms with E-state index in [-0.39, 0.29) is 18.7 Å². The van der Waals surface area contributed by atoms with Gasteiger partial charge in [0, 0.05) is 13.0 Å².